The maximum atomic E-state index is 13.0. The number of ketones is 1. The zero-order valence-corrected chi connectivity index (χ0v) is 20.7. The lowest BCUT2D eigenvalue weighted by Crippen LogP contribution is -2.20. The van der Waals surface area contributed by atoms with Crippen molar-refractivity contribution in [2.24, 2.45) is 0 Å². The molecule has 0 spiro atoms. The second kappa shape index (κ2) is 11.8. The normalized spacial score (nSPS) is 11.3. The summed E-state index contributed by atoms with van der Waals surface area (Å²) in [4.78, 5) is 38.7. The monoisotopic (exact) mass is 492 g/mol. The fraction of sp³-hybridized carbons (Fsp3) is 0.129. The molecule has 0 heterocycles. The number of hydrogen-bond acceptors (Lipinski definition) is 4. The van der Waals surface area contributed by atoms with Crippen molar-refractivity contribution in [1.82, 2.24) is 0 Å². The Balaban J connectivity index is 1.45. The topological polar surface area (TPSA) is 84.5 Å². The minimum Gasteiger partial charge on any atom is -0.492 e. The summed E-state index contributed by atoms with van der Waals surface area (Å²) in [6.07, 6.45) is 0. The van der Waals surface area contributed by atoms with E-state index in [1.807, 2.05) is 43.3 Å². The number of benzene rings is 4. The highest BCUT2D eigenvalue weighted by molar-refractivity contribution is 6.09. The van der Waals surface area contributed by atoms with E-state index in [2.05, 4.69) is 10.6 Å². The first kappa shape index (κ1) is 25.4. The van der Waals surface area contributed by atoms with Crippen LogP contribution in [0, 0.1) is 0 Å². The van der Waals surface area contributed by atoms with Crippen LogP contribution in [0.1, 0.15) is 51.6 Å². The highest BCUT2D eigenvalue weighted by Gasteiger charge is 2.18. The Morgan fingerprint density at radius 3 is 2.19 bits per heavy atom. The van der Waals surface area contributed by atoms with Gasteiger partial charge in [-0.1, -0.05) is 66.7 Å². The van der Waals surface area contributed by atoms with Crippen LogP contribution >= 0.6 is 0 Å². The van der Waals surface area contributed by atoms with Crippen molar-refractivity contribution in [1.29, 1.82) is 0 Å². The van der Waals surface area contributed by atoms with Crippen molar-refractivity contribution < 1.29 is 19.1 Å². The third-order valence-corrected chi connectivity index (χ3v) is 5.91. The van der Waals surface area contributed by atoms with Gasteiger partial charge in [-0.15, -0.1) is 0 Å². The van der Waals surface area contributed by atoms with Gasteiger partial charge in [0.2, 0.25) is 5.91 Å². The van der Waals surface area contributed by atoms with Crippen LogP contribution in [0.25, 0.3) is 0 Å². The molecule has 37 heavy (non-hydrogen) atoms. The fourth-order valence-electron chi connectivity index (χ4n) is 3.89. The molecule has 4 aromatic rings. The molecule has 0 bridgehead atoms. The van der Waals surface area contributed by atoms with E-state index in [1.54, 1.807) is 73.7 Å². The number of para-hydroxylation sites is 2. The molecule has 1 unspecified atom stereocenters. The third kappa shape index (κ3) is 6.30. The summed E-state index contributed by atoms with van der Waals surface area (Å²) in [5, 5.41) is 5.75. The van der Waals surface area contributed by atoms with E-state index in [4.69, 9.17) is 4.74 Å². The first-order valence-electron chi connectivity index (χ1n) is 12.1. The Hall–Kier alpha value is -4.71. The first-order chi connectivity index (χ1) is 18.0. The minimum absolute atomic E-state index is 0.0975. The van der Waals surface area contributed by atoms with Gasteiger partial charge in [-0.3, -0.25) is 14.4 Å². The Bertz CT molecular complexity index is 1420. The molecule has 0 fully saturated rings. The van der Waals surface area contributed by atoms with Gasteiger partial charge in [0.15, 0.2) is 5.78 Å². The number of hydrogen-bond donors (Lipinski definition) is 2. The lowest BCUT2D eigenvalue weighted by Gasteiger charge is -2.15. The maximum Gasteiger partial charge on any atom is 0.255 e. The number of carbonyl (C=O) groups excluding carboxylic acids is 3. The summed E-state index contributed by atoms with van der Waals surface area (Å²) in [7, 11) is 0. The van der Waals surface area contributed by atoms with Gasteiger partial charge < -0.3 is 15.4 Å². The lowest BCUT2D eigenvalue weighted by molar-refractivity contribution is -0.117. The summed E-state index contributed by atoms with van der Waals surface area (Å²) in [5.74, 6) is -0.588. The number of rotatable bonds is 9. The molecular weight excluding hydrogens is 464 g/mol. The van der Waals surface area contributed by atoms with Crippen molar-refractivity contribution in [2.45, 2.75) is 19.8 Å². The van der Waals surface area contributed by atoms with Gasteiger partial charge in [0, 0.05) is 22.4 Å². The van der Waals surface area contributed by atoms with Gasteiger partial charge in [0.05, 0.1) is 18.2 Å². The summed E-state index contributed by atoms with van der Waals surface area (Å²) < 4.78 is 5.57. The maximum absolute atomic E-state index is 13.0. The minimum atomic E-state index is -0.515. The average Bonchev–Trinajstić information content (AvgIpc) is 2.94. The molecule has 4 rings (SSSR count). The smallest absolute Gasteiger partial charge is 0.255 e. The van der Waals surface area contributed by atoms with Crippen LogP contribution in [0.3, 0.4) is 0 Å². The summed E-state index contributed by atoms with van der Waals surface area (Å²) in [6, 6.07) is 30.1. The fourth-order valence-corrected chi connectivity index (χ4v) is 3.89. The second-order valence-electron chi connectivity index (χ2n) is 8.50. The van der Waals surface area contributed by atoms with Crippen molar-refractivity contribution in [3.63, 3.8) is 0 Å². The van der Waals surface area contributed by atoms with Crippen LogP contribution in [-0.2, 0) is 4.79 Å². The average molecular weight is 493 g/mol. The zero-order valence-electron chi connectivity index (χ0n) is 20.7. The summed E-state index contributed by atoms with van der Waals surface area (Å²) in [5.41, 5.74) is 3.31. The third-order valence-electron chi connectivity index (χ3n) is 5.91. The standard InChI is InChI=1S/C31H28N2O4/c1-3-37-28-18-8-7-17-27(28)33-31(36)25-15-10-16-26(20-25)32-30(35)21(2)23-13-9-14-24(19-23)29(34)22-11-5-4-6-12-22/h4-21H,3H2,1-2H3,(H,32,35)(H,33,36). The van der Waals surface area contributed by atoms with Crippen molar-refractivity contribution in [3.8, 4) is 5.75 Å². The molecule has 0 aliphatic carbocycles. The molecule has 6 nitrogen and oxygen atoms in total. The quantitative estimate of drug-likeness (QED) is 0.268. The second-order valence-corrected chi connectivity index (χ2v) is 8.50. The van der Waals surface area contributed by atoms with Gasteiger partial charge in [-0.25, -0.2) is 0 Å². The molecular formula is C31H28N2O4. The van der Waals surface area contributed by atoms with Crippen molar-refractivity contribution in [3.05, 3.63) is 125 Å². The largest absolute Gasteiger partial charge is 0.492 e. The van der Waals surface area contributed by atoms with Gasteiger partial charge in [-0.05, 0) is 55.8 Å². The molecule has 1 atom stereocenters. The van der Waals surface area contributed by atoms with E-state index < -0.39 is 5.92 Å². The predicted molar refractivity (Wildman–Crippen MR) is 145 cm³/mol. The molecule has 0 saturated carbocycles. The van der Waals surface area contributed by atoms with Crippen LogP contribution in [0.15, 0.2) is 103 Å². The van der Waals surface area contributed by atoms with Crippen molar-refractivity contribution in [2.75, 3.05) is 17.2 Å². The number of nitrogens with one attached hydrogen (secondary N) is 2. The van der Waals surface area contributed by atoms with E-state index >= 15 is 0 Å². The molecule has 0 radical (unpaired) electrons. The van der Waals surface area contributed by atoms with E-state index in [0.29, 0.717) is 40.4 Å². The van der Waals surface area contributed by atoms with Gasteiger partial charge in [-0.2, -0.15) is 0 Å². The molecule has 186 valence electrons. The van der Waals surface area contributed by atoms with E-state index in [-0.39, 0.29) is 17.6 Å². The van der Waals surface area contributed by atoms with Gasteiger partial charge in [0.1, 0.15) is 5.75 Å². The molecule has 2 N–H and O–H groups in total. The first-order valence-corrected chi connectivity index (χ1v) is 12.1. The zero-order chi connectivity index (χ0) is 26.2. The molecule has 0 aliphatic heterocycles. The Morgan fingerprint density at radius 1 is 0.730 bits per heavy atom. The number of anilines is 2. The van der Waals surface area contributed by atoms with Crippen LogP contribution in [-0.4, -0.2) is 24.2 Å². The highest BCUT2D eigenvalue weighted by atomic mass is 16.5. The SMILES string of the molecule is CCOc1ccccc1NC(=O)c1cccc(NC(=O)C(C)c2cccc(C(=O)c3ccccc3)c2)c1. The van der Waals surface area contributed by atoms with Crippen LogP contribution in [0.4, 0.5) is 11.4 Å². The van der Waals surface area contributed by atoms with Crippen LogP contribution in [0.5, 0.6) is 5.75 Å². The number of amides is 2. The van der Waals surface area contributed by atoms with Gasteiger partial charge in [0.25, 0.3) is 5.91 Å². The molecule has 2 amide bonds. The summed E-state index contributed by atoms with van der Waals surface area (Å²) in [6.45, 7) is 4.14. The molecule has 0 saturated heterocycles. The van der Waals surface area contributed by atoms with Crippen LogP contribution < -0.4 is 15.4 Å². The Labute approximate surface area is 216 Å². The Morgan fingerprint density at radius 2 is 1.41 bits per heavy atom. The van der Waals surface area contributed by atoms with E-state index in [9.17, 15) is 14.4 Å². The van der Waals surface area contributed by atoms with Gasteiger partial charge >= 0.3 is 0 Å². The van der Waals surface area contributed by atoms with Crippen LogP contribution in [0.2, 0.25) is 0 Å². The lowest BCUT2D eigenvalue weighted by atomic mass is 9.95. The van der Waals surface area contributed by atoms with E-state index in [1.165, 1.54) is 0 Å². The number of carbonyl (C=O) groups is 3. The summed E-state index contributed by atoms with van der Waals surface area (Å²) >= 11 is 0. The number of ether oxygens (including phenoxy) is 1. The molecule has 0 aliphatic rings. The highest BCUT2D eigenvalue weighted by Crippen LogP contribution is 2.25. The van der Waals surface area contributed by atoms with E-state index in [0.717, 1.165) is 5.56 Å². The van der Waals surface area contributed by atoms with Crippen molar-refractivity contribution >= 4 is 29.0 Å². The predicted octanol–water partition coefficient (Wildman–Crippen LogP) is 6.31. The molecule has 4 aromatic carbocycles. The molecule has 6 heteroatoms. The Kier molecular flexibility index (Phi) is 8.11. The molecule has 0 aromatic heterocycles.